The molecule has 4 heterocycles. The maximum atomic E-state index is 4.94. The zero-order valence-electron chi connectivity index (χ0n) is 14.7. The van der Waals surface area contributed by atoms with Crippen LogP contribution >= 0.6 is 0 Å². The highest BCUT2D eigenvalue weighted by molar-refractivity contribution is 5.90. The van der Waals surface area contributed by atoms with Crippen molar-refractivity contribution in [3.63, 3.8) is 0 Å². The molecule has 5 rings (SSSR count). The molecule has 2 aliphatic heterocycles. The van der Waals surface area contributed by atoms with Crippen molar-refractivity contribution >= 4 is 23.2 Å². The molecule has 2 aromatic rings. The average Bonchev–Trinajstić information content (AvgIpc) is 3.03. The van der Waals surface area contributed by atoms with Crippen LogP contribution < -0.4 is 10.6 Å². The number of anilines is 1. The Morgan fingerprint density at radius 2 is 2.12 bits per heavy atom. The summed E-state index contributed by atoms with van der Waals surface area (Å²) in [5.41, 5.74) is 2.39. The van der Waals surface area contributed by atoms with Crippen LogP contribution in [0, 0.1) is 0 Å². The first-order chi connectivity index (χ1) is 12.3. The Morgan fingerprint density at radius 3 is 2.96 bits per heavy atom. The summed E-state index contributed by atoms with van der Waals surface area (Å²) in [5.74, 6) is 0.760. The van der Waals surface area contributed by atoms with Gasteiger partial charge in [0.1, 0.15) is 5.65 Å². The Hall–Kier alpha value is -1.95. The van der Waals surface area contributed by atoms with Gasteiger partial charge < -0.3 is 15.2 Å². The molecular weight excluding hydrogens is 312 g/mol. The first-order valence-corrected chi connectivity index (χ1v) is 9.70. The Morgan fingerprint density at radius 1 is 1.20 bits per heavy atom. The lowest BCUT2D eigenvalue weighted by Crippen LogP contribution is -2.42. The monoisotopic (exact) mass is 338 g/mol. The van der Waals surface area contributed by atoms with Gasteiger partial charge >= 0.3 is 0 Å². The van der Waals surface area contributed by atoms with Gasteiger partial charge in [-0.2, -0.15) is 4.98 Å². The van der Waals surface area contributed by atoms with Crippen LogP contribution in [0.2, 0.25) is 0 Å². The topological polar surface area (TPSA) is 67.1 Å². The van der Waals surface area contributed by atoms with E-state index in [1.54, 1.807) is 0 Å². The lowest BCUT2D eigenvalue weighted by atomic mass is 9.80. The van der Waals surface area contributed by atoms with Crippen LogP contribution in [0.25, 0.3) is 11.0 Å². The Kier molecular flexibility index (Phi) is 3.73. The lowest BCUT2D eigenvalue weighted by Gasteiger charge is -2.40. The molecule has 0 bridgehead atoms. The largest absolute Gasteiger partial charge is 0.350 e. The molecule has 25 heavy (non-hydrogen) atoms. The van der Waals surface area contributed by atoms with Gasteiger partial charge in [0, 0.05) is 30.4 Å². The van der Waals surface area contributed by atoms with Crippen LogP contribution in [0.1, 0.15) is 50.6 Å². The number of nitrogens with one attached hydrogen (secondary N) is 2. The van der Waals surface area contributed by atoms with E-state index < -0.39 is 0 Å². The molecule has 1 saturated heterocycles. The molecule has 1 spiro atoms. The molecule has 2 N–H and O–H groups in total. The normalized spacial score (nSPS) is 25.2. The standard InChI is InChI=1S/C19H26N6/c1-2-6-19(7-3-1)13-21-12-16-9-14-10-22-18(24-17(14)25(16)19)23-15-5-4-8-20-11-15/h9-10,12,15,20H,1-8,11,13H2,(H,22,23,24). The third-order valence-corrected chi connectivity index (χ3v) is 6.07. The van der Waals surface area contributed by atoms with Crippen LogP contribution in [0.5, 0.6) is 0 Å². The highest BCUT2D eigenvalue weighted by Crippen LogP contribution is 2.40. The number of aromatic nitrogens is 3. The van der Waals surface area contributed by atoms with Crippen LogP contribution in [-0.4, -0.2) is 46.4 Å². The number of hydrogen-bond donors (Lipinski definition) is 2. The van der Waals surface area contributed by atoms with Gasteiger partial charge in [-0.15, -0.1) is 0 Å². The number of aliphatic imine (C=N–C) groups is 1. The van der Waals surface area contributed by atoms with Gasteiger partial charge in [0.25, 0.3) is 0 Å². The second-order valence-corrected chi connectivity index (χ2v) is 7.82. The fourth-order valence-corrected chi connectivity index (χ4v) is 4.80. The predicted molar refractivity (Wildman–Crippen MR) is 101 cm³/mol. The molecular formula is C19H26N6. The number of rotatable bonds is 2. The molecule has 0 aromatic carbocycles. The third-order valence-electron chi connectivity index (χ3n) is 6.07. The maximum absolute atomic E-state index is 4.94. The molecule has 6 nitrogen and oxygen atoms in total. The Labute approximate surface area is 148 Å². The summed E-state index contributed by atoms with van der Waals surface area (Å²) in [6.45, 7) is 3.00. The van der Waals surface area contributed by atoms with E-state index in [2.05, 4.69) is 31.2 Å². The fraction of sp³-hybridized carbons (Fsp3) is 0.632. The molecule has 132 valence electrons. The molecule has 2 aromatic heterocycles. The minimum absolute atomic E-state index is 0.127. The van der Waals surface area contributed by atoms with E-state index in [9.17, 15) is 0 Å². The summed E-state index contributed by atoms with van der Waals surface area (Å²) in [5, 5.41) is 8.10. The second-order valence-electron chi connectivity index (χ2n) is 7.82. The molecule has 2 fully saturated rings. The van der Waals surface area contributed by atoms with Crippen molar-refractivity contribution in [2.24, 2.45) is 4.99 Å². The van der Waals surface area contributed by atoms with E-state index in [0.717, 1.165) is 36.6 Å². The summed E-state index contributed by atoms with van der Waals surface area (Å²) in [6.07, 6.45) is 12.7. The Balaban J connectivity index is 1.54. The molecule has 1 atom stereocenters. The second kappa shape index (κ2) is 6.09. The fourth-order valence-electron chi connectivity index (χ4n) is 4.80. The first kappa shape index (κ1) is 15.3. The SMILES string of the molecule is C1=NCC2(CCCCC2)n2c1cc1cnc(NC3CCCNC3)nc12. The number of fused-ring (bicyclic) bond motifs is 4. The quantitative estimate of drug-likeness (QED) is 0.883. The van der Waals surface area contributed by atoms with E-state index in [-0.39, 0.29) is 5.54 Å². The zero-order valence-corrected chi connectivity index (χ0v) is 14.7. The minimum atomic E-state index is 0.127. The van der Waals surface area contributed by atoms with Crippen molar-refractivity contribution in [3.8, 4) is 0 Å². The summed E-state index contributed by atoms with van der Waals surface area (Å²) >= 11 is 0. The molecule has 1 unspecified atom stereocenters. The van der Waals surface area contributed by atoms with Gasteiger partial charge in [-0.1, -0.05) is 19.3 Å². The molecule has 6 heteroatoms. The molecule has 0 radical (unpaired) electrons. The lowest BCUT2D eigenvalue weighted by molar-refractivity contribution is 0.204. The van der Waals surface area contributed by atoms with Crippen LogP contribution in [0.15, 0.2) is 17.3 Å². The number of hydrogen-bond acceptors (Lipinski definition) is 5. The van der Waals surface area contributed by atoms with Crippen molar-refractivity contribution in [2.75, 3.05) is 25.0 Å². The van der Waals surface area contributed by atoms with Crippen molar-refractivity contribution in [1.82, 2.24) is 19.9 Å². The highest BCUT2D eigenvalue weighted by atomic mass is 15.2. The van der Waals surface area contributed by atoms with Crippen molar-refractivity contribution in [3.05, 3.63) is 18.0 Å². The predicted octanol–water partition coefficient (Wildman–Crippen LogP) is 2.69. The van der Waals surface area contributed by atoms with Crippen molar-refractivity contribution in [1.29, 1.82) is 0 Å². The van der Waals surface area contributed by atoms with Gasteiger partial charge in [-0.3, -0.25) is 4.99 Å². The van der Waals surface area contributed by atoms with Crippen LogP contribution in [0.3, 0.4) is 0 Å². The summed E-state index contributed by atoms with van der Waals surface area (Å²) in [6, 6.07) is 2.62. The van der Waals surface area contributed by atoms with Gasteiger partial charge in [0.05, 0.1) is 17.8 Å². The number of nitrogens with zero attached hydrogens (tertiary/aromatic N) is 4. The number of piperidine rings is 1. The maximum Gasteiger partial charge on any atom is 0.224 e. The first-order valence-electron chi connectivity index (χ1n) is 9.70. The third kappa shape index (κ3) is 2.63. The average molecular weight is 338 g/mol. The zero-order chi connectivity index (χ0) is 16.7. The van der Waals surface area contributed by atoms with E-state index in [4.69, 9.17) is 4.98 Å². The highest BCUT2D eigenvalue weighted by Gasteiger charge is 2.38. The molecule has 1 saturated carbocycles. The van der Waals surface area contributed by atoms with E-state index in [0.29, 0.717) is 6.04 Å². The molecule has 1 aliphatic carbocycles. The van der Waals surface area contributed by atoms with Gasteiger partial charge in [-0.25, -0.2) is 4.98 Å². The van der Waals surface area contributed by atoms with Gasteiger partial charge in [-0.05, 0) is 38.3 Å². The summed E-state index contributed by atoms with van der Waals surface area (Å²) in [7, 11) is 0. The van der Waals surface area contributed by atoms with Crippen molar-refractivity contribution < 1.29 is 0 Å². The Bertz CT molecular complexity index is 796. The van der Waals surface area contributed by atoms with Gasteiger partial charge in [0.2, 0.25) is 5.95 Å². The van der Waals surface area contributed by atoms with E-state index >= 15 is 0 Å². The van der Waals surface area contributed by atoms with E-state index in [1.165, 1.54) is 50.6 Å². The van der Waals surface area contributed by atoms with Crippen LogP contribution in [-0.2, 0) is 5.54 Å². The smallest absolute Gasteiger partial charge is 0.224 e. The minimum Gasteiger partial charge on any atom is -0.350 e. The van der Waals surface area contributed by atoms with Gasteiger partial charge in [0.15, 0.2) is 0 Å². The van der Waals surface area contributed by atoms with Crippen LogP contribution in [0.4, 0.5) is 5.95 Å². The summed E-state index contributed by atoms with van der Waals surface area (Å²) in [4.78, 5) is 14.2. The van der Waals surface area contributed by atoms with E-state index in [1.807, 2.05) is 12.4 Å². The molecule has 0 amide bonds. The van der Waals surface area contributed by atoms with Crippen molar-refractivity contribution in [2.45, 2.75) is 56.5 Å². The summed E-state index contributed by atoms with van der Waals surface area (Å²) < 4.78 is 2.47. The molecule has 3 aliphatic rings.